The molecule has 0 radical (unpaired) electrons. The molecule has 10 heteroatoms. The van der Waals surface area contributed by atoms with Crippen LogP contribution < -0.4 is 10.6 Å². The van der Waals surface area contributed by atoms with Crippen molar-refractivity contribution >= 4 is 27.8 Å². The number of carbonyl (C=O) groups is 3. The zero-order chi connectivity index (χ0) is 24.7. The van der Waals surface area contributed by atoms with Crippen LogP contribution in [0.15, 0.2) is 29.2 Å². The summed E-state index contributed by atoms with van der Waals surface area (Å²) in [7, 11) is -3.73. The SMILES string of the molecule is CCN(CC)S(=O)(=O)c1cccc(C(=O)N[C@H](C(=O)OCC(=O)NC(C)(C)C)C(C)C)c1. The predicted octanol–water partition coefficient (Wildman–Crippen LogP) is 1.93. The van der Waals surface area contributed by atoms with Gasteiger partial charge in [0.15, 0.2) is 6.61 Å². The molecular weight excluding hydrogens is 434 g/mol. The van der Waals surface area contributed by atoms with E-state index in [0.717, 1.165) is 0 Å². The Balaban J connectivity index is 2.96. The maximum atomic E-state index is 12.8. The number of sulfonamides is 1. The van der Waals surface area contributed by atoms with Crippen LogP contribution in [-0.2, 0) is 24.3 Å². The van der Waals surface area contributed by atoms with Crippen LogP contribution in [0.4, 0.5) is 0 Å². The summed E-state index contributed by atoms with van der Waals surface area (Å²) in [6.07, 6.45) is 0. The van der Waals surface area contributed by atoms with Crippen molar-refractivity contribution in [3.05, 3.63) is 29.8 Å². The third kappa shape index (κ3) is 7.90. The van der Waals surface area contributed by atoms with Gasteiger partial charge in [0.2, 0.25) is 10.0 Å². The average Bonchev–Trinajstić information content (AvgIpc) is 2.69. The summed E-state index contributed by atoms with van der Waals surface area (Å²) in [4.78, 5) is 37.2. The molecule has 1 rings (SSSR count). The fraction of sp³-hybridized carbons (Fsp3) is 0.591. The molecule has 1 aromatic rings. The van der Waals surface area contributed by atoms with E-state index >= 15 is 0 Å². The summed E-state index contributed by atoms with van der Waals surface area (Å²) in [5, 5.41) is 5.27. The Labute approximate surface area is 190 Å². The molecular formula is C22H35N3O6S. The van der Waals surface area contributed by atoms with Gasteiger partial charge >= 0.3 is 5.97 Å². The lowest BCUT2D eigenvalue weighted by molar-refractivity contribution is -0.151. The maximum Gasteiger partial charge on any atom is 0.329 e. The van der Waals surface area contributed by atoms with E-state index in [2.05, 4.69) is 10.6 Å². The van der Waals surface area contributed by atoms with Crippen molar-refractivity contribution in [2.24, 2.45) is 5.92 Å². The molecule has 0 aliphatic carbocycles. The van der Waals surface area contributed by atoms with Crippen molar-refractivity contribution in [1.82, 2.24) is 14.9 Å². The molecule has 0 saturated carbocycles. The second kappa shape index (κ2) is 11.4. The Morgan fingerprint density at radius 3 is 2.19 bits per heavy atom. The molecule has 0 saturated heterocycles. The first-order chi connectivity index (χ1) is 14.7. The molecule has 180 valence electrons. The standard InChI is InChI=1S/C22H35N3O6S/c1-8-25(9-2)32(29,30)17-12-10-11-16(13-17)20(27)23-19(15(3)4)21(28)31-14-18(26)24-22(5,6)7/h10-13,15,19H,8-9,14H2,1-7H3,(H,23,27)(H,24,26)/t19-/m0/s1. The van der Waals surface area contributed by atoms with Crippen LogP contribution in [0.2, 0.25) is 0 Å². The van der Waals surface area contributed by atoms with E-state index in [1.807, 2.05) is 0 Å². The number of benzene rings is 1. The van der Waals surface area contributed by atoms with E-state index < -0.39 is 46.0 Å². The minimum atomic E-state index is -3.73. The predicted molar refractivity (Wildman–Crippen MR) is 121 cm³/mol. The third-order valence-corrected chi connectivity index (χ3v) is 6.55. The Morgan fingerprint density at radius 1 is 1.09 bits per heavy atom. The maximum absolute atomic E-state index is 12.8. The summed E-state index contributed by atoms with van der Waals surface area (Å²) < 4.78 is 31.8. The van der Waals surface area contributed by atoms with Gasteiger partial charge in [-0.25, -0.2) is 13.2 Å². The van der Waals surface area contributed by atoms with Crippen LogP contribution in [0, 0.1) is 5.92 Å². The van der Waals surface area contributed by atoms with E-state index in [0.29, 0.717) is 13.1 Å². The Kier molecular flexibility index (Phi) is 9.84. The molecule has 0 aliphatic heterocycles. The average molecular weight is 470 g/mol. The lowest BCUT2D eigenvalue weighted by Crippen LogP contribution is -2.47. The quantitative estimate of drug-likeness (QED) is 0.505. The Hall–Kier alpha value is -2.46. The van der Waals surface area contributed by atoms with Crippen LogP contribution in [0.5, 0.6) is 0 Å². The summed E-state index contributed by atoms with van der Waals surface area (Å²) >= 11 is 0. The first-order valence-corrected chi connectivity index (χ1v) is 12.1. The monoisotopic (exact) mass is 469 g/mol. The number of carbonyl (C=O) groups excluding carboxylic acids is 3. The Bertz CT molecular complexity index is 918. The lowest BCUT2D eigenvalue weighted by Gasteiger charge is -2.23. The number of nitrogens with zero attached hydrogens (tertiary/aromatic N) is 1. The fourth-order valence-electron chi connectivity index (χ4n) is 2.91. The number of rotatable bonds is 10. The number of hydrogen-bond donors (Lipinski definition) is 2. The second-order valence-corrected chi connectivity index (χ2v) is 10.7. The molecule has 0 spiro atoms. The number of amides is 2. The van der Waals surface area contributed by atoms with E-state index in [9.17, 15) is 22.8 Å². The molecule has 9 nitrogen and oxygen atoms in total. The first kappa shape index (κ1) is 27.6. The van der Waals surface area contributed by atoms with Crippen LogP contribution in [0.25, 0.3) is 0 Å². The smallest absolute Gasteiger partial charge is 0.329 e. The third-order valence-electron chi connectivity index (χ3n) is 4.51. The van der Waals surface area contributed by atoms with Crippen molar-refractivity contribution < 1.29 is 27.5 Å². The molecule has 1 atom stereocenters. The van der Waals surface area contributed by atoms with Gasteiger partial charge in [0.05, 0.1) is 4.90 Å². The van der Waals surface area contributed by atoms with E-state index in [1.54, 1.807) is 48.5 Å². The molecule has 0 unspecified atom stereocenters. The largest absolute Gasteiger partial charge is 0.454 e. The van der Waals surface area contributed by atoms with Gasteiger partial charge in [-0.05, 0) is 44.9 Å². The molecule has 2 N–H and O–H groups in total. The minimum absolute atomic E-state index is 0.00336. The normalized spacial score (nSPS) is 13.0. The number of ether oxygens (including phenoxy) is 1. The van der Waals surface area contributed by atoms with Crippen LogP contribution in [-0.4, -0.2) is 61.8 Å². The lowest BCUT2D eigenvalue weighted by atomic mass is 10.0. The second-order valence-electron chi connectivity index (χ2n) is 8.72. The van der Waals surface area contributed by atoms with Crippen molar-refractivity contribution in [2.75, 3.05) is 19.7 Å². The minimum Gasteiger partial charge on any atom is -0.454 e. The highest BCUT2D eigenvalue weighted by Crippen LogP contribution is 2.17. The Morgan fingerprint density at radius 2 is 1.69 bits per heavy atom. The summed E-state index contributed by atoms with van der Waals surface area (Å²) in [5.41, 5.74) is -0.367. The van der Waals surface area contributed by atoms with Gasteiger partial charge in [0.25, 0.3) is 11.8 Å². The fourth-order valence-corrected chi connectivity index (χ4v) is 4.42. The summed E-state index contributed by atoms with van der Waals surface area (Å²) in [6, 6.07) is 4.64. The molecule has 1 aromatic carbocycles. The topological polar surface area (TPSA) is 122 Å². The van der Waals surface area contributed by atoms with Crippen molar-refractivity contribution in [3.8, 4) is 0 Å². The number of esters is 1. The van der Waals surface area contributed by atoms with E-state index in [-0.39, 0.29) is 16.4 Å². The first-order valence-electron chi connectivity index (χ1n) is 10.6. The zero-order valence-corrected chi connectivity index (χ0v) is 20.7. The van der Waals surface area contributed by atoms with Crippen molar-refractivity contribution in [3.63, 3.8) is 0 Å². The van der Waals surface area contributed by atoms with Crippen LogP contribution in [0.3, 0.4) is 0 Å². The van der Waals surface area contributed by atoms with Gasteiger partial charge in [-0.15, -0.1) is 0 Å². The molecule has 32 heavy (non-hydrogen) atoms. The summed E-state index contributed by atoms with van der Waals surface area (Å²) in [6.45, 7) is 12.5. The van der Waals surface area contributed by atoms with Gasteiger partial charge in [-0.3, -0.25) is 9.59 Å². The molecule has 0 aliphatic rings. The molecule has 2 amide bonds. The highest BCUT2D eigenvalue weighted by Gasteiger charge is 2.28. The van der Waals surface area contributed by atoms with Crippen LogP contribution in [0.1, 0.15) is 58.8 Å². The van der Waals surface area contributed by atoms with Crippen molar-refractivity contribution in [1.29, 1.82) is 0 Å². The molecule has 0 fully saturated rings. The van der Waals surface area contributed by atoms with Gasteiger partial charge < -0.3 is 15.4 Å². The van der Waals surface area contributed by atoms with Gasteiger partial charge in [-0.2, -0.15) is 4.31 Å². The van der Waals surface area contributed by atoms with Gasteiger partial charge in [0, 0.05) is 24.2 Å². The number of nitrogens with one attached hydrogen (secondary N) is 2. The number of hydrogen-bond acceptors (Lipinski definition) is 6. The molecule has 0 heterocycles. The van der Waals surface area contributed by atoms with Crippen LogP contribution >= 0.6 is 0 Å². The summed E-state index contributed by atoms with van der Waals surface area (Å²) in [5.74, 6) is -2.13. The van der Waals surface area contributed by atoms with E-state index in [1.165, 1.54) is 28.6 Å². The van der Waals surface area contributed by atoms with Crippen molar-refractivity contribution in [2.45, 2.75) is 64.9 Å². The molecule has 0 bridgehead atoms. The molecule has 0 aromatic heterocycles. The van der Waals surface area contributed by atoms with Gasteiger partial charge in [0.1, 0.15) is 6.04 Å². The van der Waals surface area contributed by atoms with Gasteiger partial charge in [-0.1, -0.05) is 33.8 Å². The highest BCUT2D eigenvalue weighted by atomic mass is 32.2. The van der Waals surface area contributed by atoms with E-state index in [4.69, 9.17) is 4.74 Å². The highest BCUT2D eigenvalue weighted by molar-refractivity contribution is 7.89. The zero-order valence-electron chi connectivity index (χ0n) is 19.9.